The Kier molecular flexibility index (Phi) is 5.05. The maximum absolute atomic E-state index is 12.4. The number of aromatic nitrogens is 2. The summed E-state index contributed by atoms with van der Waals surface area (Å²) < 4.78 is 13.4. The number of fused-ring (bicyclic) bond motifs is 1. The largest absolute Gasteiger partial charge is 0.486 e. The van der Waals surface area contributed by atoms with Crippen LogP contribution in [0.1, 0.15) is 22.3 Å². The van der Waals surface area contributed by atoms with Crippen LogP contribution in [0.15, 0.2) is 67.0 Å². The first-order valence-electron chi connectivity index (χ1n) is 9.01. The van der Waals surface area contributed by atoms with E-state index in [1.165, 1.54) is 0 Å². The molecule has 0 fully saturated rings. The van der Waals surface area contributed by atoms with Gasteiger partial charge in [0, 0.05) is 30.9 Å². The molecule has 0 saturated heterocycles. The molecule has 2 aromatic carbocycles. The lowest BCUT2D eigenvalue weighted by atomic mass is 10.1. The highest BCUT2D eigenvalue weighted by molar-refractivity contribution is 5.94. The zero-order valence-electron chi connectivity index (χ0n) is 14.9. The molecule has 0 bridgehead atoms. The molecule has 1 unspecified atom stereocenters. The summed E-state index contributed by atoms with van der Waals surface area (Å²) >= 11 is 0. The molecule has 3 aromatic rings. The smallest absolute Gasteiger partial charge is 0.251 e. The lowest BCUT2D eigenvalue weighted by Gasteiger charge is -2.26. The summed E-state index contributed by atoms with van der Waals surface area (Å²) in [6.45, 7) is 1.66. The van der Waals surface area contributed by atoms with E-state index in [1.54, 1.807) is 6.20 Å². The molecule has 2 heterocycles. The molecule has 1 N–H and O–H groups in total. The van der Waals surface area contributed by atoms with Crippen LogP contribution in [-0.4, -0.2) is 34.9 Å². The van der Waals surface area contributed by atoms with E-state index in [9.17, 15) is 4.79 Å². The van der Waals surface area contributed by atoms with Gasteiger partial charge in [-0.3, -0.25) is 9.48 Å². The molecular weight excluding hydrogens is 342 g/mol. The van der Waals surface area contributed by atoms with Crippen molar-refractivity contribution in [2.75, 3.05) is 13.2 Å². The Labute approximate surface area is 157 Å². The molecule has 1 aliphatic heterocycles. The van der Waals surface area contributed by atoms with Crippen LogP contribution in [0.25, 0.3) is 0 Å². The molecule has 27 heavy (non-hydrogen) atoms. The monoisotopic (exact) mass is 363 g/mol. The van der Waals surface area contributed by atoms with Gasteiger partial charge in [-0.1, -0.05) is 24.3 Å². The highest BCUT2D eigenvalue weighted by Gasteiger charge is 2.20. The third kappa shape index (κ3) is 4.28. The van der Waals surface area contributed by atoms with E-state index in [0.29, 0.717) is 31.7 Å². The van der Waals surface area contributed by atoms with Crippen molar-refractivity contribution in [1.82, 2.24) is 15.1 Å². The number of amides is 1. The van der Waals surface area contributed by atoms with Crippen LogP contribution in [0.3, 0.4) is 0 Å². The SMILES string of the molecule is O=C(NCCC1COc2ccccc2O1)c1cccc(Cn2cccn2)c1. The summed E-state index contributed by atoms with van der Waals surface area (Å²) in [5.74, 6) is 1.44. The van der Waals surface area contributed by atoms with Crippen LogP contribution in [0.2, 0.25) is 0 Å². The van der Waals surface area contributed by atoms with Crippen molar-refractivity contribution in [3.05, 3.63) is 78.1 Å². The van der Waals surface area contributed by atoms with E-state index < -0.39 is 0 Å². The predicted octanol–water partition coefficient (Wildman–Crippen LogP) is 2.89. The molecule has 138 valence electrons. The molecule has 6 nitrogen and oxygen atoms in total. The number of carbonyl (C=O) groups is 1. The summed E-state index contributed by atoms with van der Waals surface area (Å²) in [4.78, 5) is 12.4. The topological polar surface area (TPSA) is 65.4 Å². The quantitative estimate of drug-likeness (QED) is 0.731. The molecule has 0 saturated carbocycles. The number of carbonyl (C=O) groups excluding carboxylic acids is 1. The Balaban J connectivity index is 1.28. The van der Waals surface area contributed by atoms with Crippen molar-refractivity contribution in [3.63, 3.8) is 0 Å². The molecule has 1 amide bonds. The van der Waals surface area contributed by atoms with Crippen LogP contribution in [0, 0.1) is 0 Å². The Morgan fingerprint density at radius 2 is 2.04 bits per heavy atom. The zero-order valence-corrected chi connectivity index (χ0v) is 14.9. The lowest BCUT2D eigenvalue weighted by Crippen LogP contribution is -2.34. The highest BCUT2D eigenvalue weighted by atomic mass is 16.6. The summed E-state index contributed by atoms with van der Waals surface area (Å²) in [6.07, 6.45) is 4.27. The summed E-state index contributed by atoms with van der Waals surface area (Å²) in [5, 5.41) is 7.15. The van der Waals surface area contributed by atoms with E-state index >= 15 is 0 Å². The highest BCUT2D eigenvalue weighted by Crippen LogP contribution is 2.31. The number of para-hydroxylation sites is 2. The standard InChI is InChI=1S/C21H21N3O3/c25-21(17-6-3-5-16(13-17)14-24-12-4-10-23-24)22-11-9-18-15-26-19-7-1-2-8-20(19)27-18/h1-8,10,12-13,18H,9,11,14-15H2,(H,22,25). The van der Waals surface area contributed by atoms with Gasteiger partial charge in [-0.25, -0.2) is 0 Å². The lowest BCUT2D eigenvalue weighted by molar-refractivity contribution is 0.0813. The summed E-state index contributed by atoms with van der Waals surface area (Å²) in [6, 6.07) is 17.1. The molecule has 1 aromatic heterocycles. The van der Waals surface area contributed by atoms with Gasteiger partial charge in [0.2, 0.25) is 0 Å². The fourth-order valence-corrected chi connectivity index (χ4v) is 3.05. The average Bonchev–Trinajstić information content (AvgIpc) is 3.21. The minimum absolute atomic E-state index is 0.0636. The van der Waals surface area contributed by atoms with Crippen molar-refractivity contribution >= 4 is 5.91 Å². The number of rotatable bonds is 6. The van der Waals surface area contributed by atoms with E-state index in [1.807, 2.05) is 65.5 Å². The molecule has 4 rings (SSSR count). The number of hydrogen-bond donors (Lipinski definition) is 1. The fraction of sp³-hybridized carbons (Fsp3) is 0.238. The minimum Gasteiger partial charge on any atom is -0.486 e. The van der Waals surface area contributed by atoms with Crippen molar-refractivity contribution in [3.8, 4) is 11.5 Å². The van der Waals surface area contributed by atoms with Crippen molar-refractivity contribution in [2.24, 2.45) is 0 Å². The third-order valence-electron chi connectivity index (χ3n) is 4.41. The second-order valence-corrected chi connectivity index (χ2v) is 6.45. The van der Waals surface area contributed by atoms with Crippen LogP contribution >= 0.6 is 0 Å². The second-order valence-electron chi connectivity index (χ2n) is 6.45. The van der Waals surface area contributed by atoms with Gasteiger partial charge in [-0.05, 0) is 35.9 Å². The van der Waals surface area contributed by atoms with Gasteiger partial charge < -0.3 is 14.8 Å². The number of ether oxygens (including phenoxy) is 2. The number of nitrogens with one attached hydrogen (secondary N) is 1. The normalized spacial score (nSPS) is 15.3. The molecule has 1 aliphatic rings. The van der Waals surface area contributed by atoms with Gasteiger partial charge in [-0.2, -0.15) is 5.10 Å². The van der Waals surface area contributed by atoms with Crippen molar-refractivity contribution in [1.29, 1.82) is 0 Å². The van der Waals surface area contributed by atoms with Gasteiger partial charge in [0.05, 0.1) is 6.54 Å². The Bertz CT molecular complexity index is 909. The number of benzene rings is 2. The van der Waals surface area contributed by atoms with Crippen molar-refractivity contribution < 1.29 is 14.3 Å². The predicted molar refractivity (Wildman–Crippen MR) is 101 cm³/mol. The van der Waals surface area contributed by atoms with Crippen LogP contribution in [0.4, 0.5) is 0 Å². The van der Waals surface area contributed by atoms with Crippen molar-refractivity contribution in [2.45, 2.75) is 19.1 Å². The fourth-order valence-electron chi connectivity index (χ4n) is 3.05. The van der Waals surface area contributed by atoms with Gasteiger partial charge in [0.15, 0.2) is 11.5 Å². The molecule has 0 radical (unpaired) electrons. The number of hydrogen-bond acceptors (Lipinski definition) is 4. The Hall–Kier alpha value is -3.28. The van der Waals surface area contributed by atoms with E-state index in [-0.39, 0.29) is 12.0 Å². The van der Waals surface area contributed by atoms with Gasteiger partial charge >= 0.3 is 0 Å². The first-order valence-corrected chi connectivity index (χ1v) is 9.01. The zero-order chi connectivity index (χ0) is 18.5. The Morgan fingerprint density at radius 3 is 2.89 bits per heavy atom. The van der Waals surface area contributed by atoms with Gasteiger partial charge in [0.25, 0.3) is 5.91 Å². The van der Waals surface area contributed by atoms with Gasteiger partial charge in [0.1, 0.15) is 12.7 Å². The Morgan fingerprint density at radius 1 is 1.15 bits per heavy atom. The van der Waals surface area contributed by atoms with E-state index in [0.717, 1.165) is 17.1 Å². The second kappa shape index (κ2) is 7.95. The summed E-state index contributed by atoms with van der Waals surface area (Å²) in [7, 11) is 0. The number of nitrogens with zero attached hydrogens (tertiary/aromatic N) is 2. The van der Waals surface area contributed by atoms with E-state index in [2.05, 4.69) is 10.4 Å². The maximum atomic E-state index is 12.4. The van der Waals surface area contributed by atoms with Crippen LogP contribution < -0.4 is 14.8 Å². The molecule has 0 aliphatic carbocycles. The average molecular weight is 363 g/mol. The molecule has 6 heteroatoms. The van der Waals surface area contributed by atoms with Gasteiger partial charge in [-0.15, -0.1) is 0 Å². The van der Waals surface area contributed by atoms with Crippen LogP contribution in [-0.2, 0) is 6.54 Å². The first kappa shape index (κ1) is 17.1. The minimum atomic E-state index is -0.0885. The maximum Gasteiger partial charge on any atom is 0.251 e. The third-order valence-corrected chi connectivity index (χ3v) is 4.41. The summed E-state index contributed by atoms with van der Waals surface area (Å²) in [5.41, 5.74) is 1.68. The molecular formula is C21H21N3O3. The first-order chi connectivity index (χ1) is 13.3. The van der Waals surface area contributed by atoms with E-state index in [4.69, 9.17) is 9.47 Å². The van der Waals surface area contributed by atoms with Crippen LogP contribution in [0.5, 0.6) is 11.5 Å². The molecule has 0 spiro atoms. The molecule has 1 atom stereocenters.